The van der Waals surface area contributed by atoms with Crippen LogP contribution in [0.25, 0.3) is 0 Å². The van der Waals surface area contributed by atoms with E-state index in [1.54, 1.807) is 5.38 Å². The van der Waals surface area contributed by atoms with Crippen LogP contribution < -0.4 is 0 Å². The van der Waals surface area contributed by atoms with Gasteiger partial charge in [-0.2, -0.15) is 0 Å². The minimum Gasteiger partial charge on any atom is -0.476 e. The standard InChI is InChI=1S/C13H12ClNO2S/c1-13(2,8-4-3-5-9(14)6-8)12-15-10(7-18-12)11(16)17/h3-7H,1-2H3,(H,16,17). The number of hydrogen-bond acceptors (Lipinski definition) is 3. The number of rotatable bonds is 3. The lowest BCUT2D eigenvalue weighted by atomic mass is 9.85. The Morgan fingerprint density at radius 3 is 2.72 bits per heavy atom. The number of nitrogens with zero attached hydrogens (tertiary/aromatic N) is 1. The van der Waals surface area contributed by atoms with Crippen LogP contribution in [0.5, 0.6) is 0 Å². The normalized spacial score (nSPS) is 11.5. The van der Waals surface area contributed by atoms with Gasteiger partial charge < -0.3 is 5.11 Å². The summed E-state index contributed by atoms with van der Waals surface area (Å²) < 4.78 is 0. The van der Waals surface area contributed by atoms with Crippen LogP contribution in [0.2, 0.25) is 5.02 Å². The lowest BCUT2D eigenvalue weighted by molar-refractivity contribution is 0.0691. The second-order valence-electron chi connectivity index (χ2n) is 4.48. The van der Waals surface area contributed by atoms with Crippen molar-refractivity contribution in [2.24, 2.45) is 0 Å². The van der Waals surface area contributed by atoms with Crippen LogP contribution in [0.1, 0.15) is 34.9 Å². The molecule has 0 bridgehead atoms. The maximum atomic E-state index is 10.9. The SMILES string of the molecule is CC(C)(c1cccc(Cl)c1)c1nc(C(=O)O)cs1. The summed E-state index contributed by atoms with van der Waals surface area (Å²) in [5, 5.41) is 11.9. The molecular weight excluding hydrogens is 270 g/mol. The van der Waals surface area contributed by atoms with Crippen LogP contribution in [0.3, 0.4) is 0 Å². The molecule has 0 fully saturated rings. The monoisotopic (exact) mass is 281 g/mol. The predicted octanol–water partition coefficient (Wildman–Crippen LogP) is 3.82. The summed E-state index contributed by atoms with van der Waals surface area (Å²) in [7, 11) is 0. The highest BCUT2D eigenvalue weighted by Crippen LogP contribution is 2.34. The topological polar surface area (TPSA) is 50.2 Å². The summed E-state index contributed by atoms with van der Waals surface area (Å²) in [6, 6.07) is 7.54. The fraction of sp³-hybridized carbons (Fsp3) is 0.231. The van der Waals surface area contributed by atoms with E-state index in [-0.39, 0.29) is 11.1 Å². The van der Waals surface area contributed by atoms with Crippen LogP contribution in [0.4, 0.5) is 0 Å². The number of aromatic nitrogens is 1. The van der Waals surface area contributed by atoms with Crippen molar-refractivity contribution in [3.05, 3.63) is 50.9 Å². The minimum atomic E-state index is -1.00. The molecule has 1 heterocycles. The number of carbonyl (C=O) groups is 1. The largest absolute Gasteiger partial charge is 0.476 e. The van der Waals surface area contributed by atoms with E-state index in [4.69, 9.17) is 16.7 Å². The summed E-state index contributed by atoms with van der Waals surface area (Å²) in [6.45, 7) is 4.01. The number of carboxylic acid groups (broad SMARTS) is 1. The molecular formula is C13H12ClNO2S. The minimum absolute atomic E-state index is 0.0881. The third-order valence-electron chi connectivity index (χ3n) is 2.80. The van der Waals surface area contributed by atoms with Gasteiger partial charge in [-0.1, -0.05) is 23.7 Å². The van der Waals surface area contributed by atoms with E-state index in [9.17, 15) is 4.79 Å². The van der Waals surface area contributed by atoms with Gasteiger partial charge in [0.2, 0.25) is 0 Å². The number of aromatic carboxylic acids is 1. The summed E-state index contributed by atoms with van der Waals surface area (Å²) >= 11 is 7.33. The third-order valence-corrected chi connectivity index (χ3v) is 4.21. The van der Waals surface area contributed by atoms with Crippen molar-refractivity contribution >= 4 is 28.9 Å². The molecule has 0 spiro atoms. The Balaban J connectivity index is 2.43. The molecule has 3 nitrogen and oxygen atoms in total. The Morgan fingerprint density at radius 1 is 1.44 bits per heavy atom. The molecule has 5 heteroatoms. The first-order chi connectivity index (χ1) is 8.41. The van der Waals surface area contributed by atoms with Gasteiger partial charge in [-0.3, -0.25) is 0 Å². The van der Waals surface area contributed by atoms with E-state index in [2.05, 4.69) is 4.98 Å². The number of carboxylic acids is 1. The Hall–Kier alpha value is -1.39. The Morgan fingerprint density at radius 2 is 2.17 bits per heavy atom. The van der Waals surface area contributed by atoms with Gasteiger partial charge in [-0.25, -0.2) is 9.78 Å². The van der Waals surface area contributed by atoms with E-state index in [0.29, 0.717) is 5.02 Å². The number of hydrogen-bond donors (Lipinski definition) is 1. The predicted molar refractivity (Wildman–Crippen MR) is 72.7 cm³/mol. The van der Waals surface area contributed by atoms with Crippen LogP contribution >= 0.6 is 22.9 Å². The van der Waals surface area contributed by atoms with Gasteiger partial charge in [0.05, 0.1) is 0 Å². The molecule has 94 valence electrons. The average molecular weight is 282 g/mol. The van der Waals surface area contributed by atoms with Gasteiger partial charge in [-0.05, 0) is 31.5 Å². The van der Waals surface area contributed by atoms with Gasteiger partial charge in [0.25, 0.3) is 0 Å². The van der Waals surface area contributed by atoms with E-state index >= 15 is 0 Å². The molecule has 1 aromatic carbocycles. The fourth-order valence-corrected chi connectivity index (χ4v) is 2.79. The van der Waals surface area contributed by atoms with Gasteiger partial charge in [0.15, 0.2) is 5.69 Å². The maximum absolute atomic E-state index is 10.9. The van der Waals surface area contributed by atoms with Crippen molar-refractivity contribution in [3.8, 4) is 0 Å². The number of benzene rings is 1. The first kappa shape index (κ1) is 13.1. The highest BCUT2D eigenvalue weighted by molar-refractivity contribution is 7.10. The van der Waals surface area contributed by atoms with E-state index in [1.165, 1.54) is 11.3 Å². The first-order valence-electron chi connectivity index (χ1n) is 5.36. The lowest BCUT2D eigenvalue weighted by Crippen LogP contribution is -2.19. The van der Waals surface area contributed by atoms with Gasteiger partial charge >= 0.3 is 5.97 Å². The molecule has 0 atom stereocenters. The van der Waals surface area contributed by atoms with Gasteiger partial charge in [0.1, 0.15) is 5.01 Å². The van der Waals surface area contributed by atoms with E-state index in [1.807, 2.05) is 38.1 Å². The Bertz CT molecular complexity index is 592. The van der Waals surface area contributed by atoms with Crippen molar-refractivity contribution < 1.29 is 9.90 Å². The summed E-state index contributed by atoms with van der Waals surface area (Å²) in [5.41, 5.74) is 0.745. The molecule has 2 aromatic rings. The molecule has 0 saturated heterocycles. The zero-order valence-electron chi connectivity index (χ0n) is 9.98. The van der Waals surface area contributed by atoms with Gasteiger partial charge in [-0.15, -0.1) is 11.3 Å². The average Bonchev–Trinajstić information content (AvgIpc) is 2.79. The summed E-state index contributed by atoms with van der Waals surface area (Å²) in [5.74, 6) is -1.00. The van der Waals surface area contributed by atoms with Gasteiger partial charge in [0, 0.05) is 15.8 Å². The van der Waals surface area contributed by atoms with E-state index in [0.717, 1.165) is 10.6 Å². The molecule has 0 aliphatic heterocycles. The number of thiazole rings is 1. The highest BCUT2D eigenvalue weighted by Gasteiger charge is 2.27. The molecule has 0 radical (unpaired) electrons. The first-order valence-corrected chi connectivity index (χ1v) is 6.62. The number of halogens is 1. The Labute approximate surface area is 114 Å². The lowest BCUT2D eigenvalue weighted by Gasteiger charge is -2.22. The van der Waals surface area contributed by atoms with Crippen molar-refractivity contribution in [1.82, 2.24) is 4.98 Å². The quantitative estimate of drug-likeness (QED) is 0.930. The smallest absolute Gasteiger partial charge is 0.355 e. The molecule has 0 aliphatic rings. The van der Waals surface area contributed by atoms with Crippen LogP contribution in [-0.4, -0.2) is 16.1 Å². The second-order valence-corrected chi connectivity index (χ2v) is 5.77. The molecule has 2 rings (SSSR count). The maximum Gasteiger partial charge on any atom is 0.355 e. The summed E-state index contributed by atoms with van der Waals surface area (Å²) in [6.07, 6.45) is 0. The molecule has 0 unspecified atom stereocenters. The van der Waals surface area contributed by atoms with Crippen LogP contribution in [0.15, 0.2) is 29.6 Å². The second kappa shape index (κ2) is 4.71. The van der Waals surface area contributed by atoms with Crippen molar-refractivity contribution in [2.45, 2.75) is 19.3 Å². The van der Waals surface area contributed by atoms with Crippen molar-refractivity contribution in [3.63, 3.8) is 0 Å². The van der Waals surface area contributed by atoms with E-state index < -0.39 is 5.97 Å². The molecule has 1 N–H and O–H groups in total. The van der Waals surface area contributed by atoms with Crippen molar-refractivity contribution in [1.29, 1.82) is 0 Å². The Kier molecular flexibility index (Phi) is 3.41. The molecule has 18 heavy (non-hydrogen) atoms. The van der Waals surface area contributed by atoms with Crippen LogP contribution in [-0.2, 0) is 5.41 Å². The van der Waals surface area contributed by atoms with Crippen LogP contribution in [0, 0.1) is 0 Å². The van der Waals surface area contributed by atoms with Crippen molar-refractivity contribution in [2.75, 3.05) is 0 Å². The zero-order valence-corrected chi connectivity index (χ0v) is 11.5. The molecule has 0 amide bonds. The highest BCUT2D eigenvalue weighted by atomic mass is 35.5. The fourth-order valence-electron chi connectivity index (χ4n) is 1.66. The molecule has 1 aromatic heterocycles. The zero-order chi connectivity index (χ0) is 13.3. The summed E-state index contributed by atoms with van der Waals surface area (Å²) in [4.78, 5) is 15.0. The molecule has 0 saturated carbocycles. The molecule has 0 aliphatic carbocycles. The third kappa shape index (κ3) is 2.40.